The Balaban J connectivity index is 0.000000161. The molecule has 20 heteroatoms. The van der Waals surface area contributed by atoms with Gasteiger partial charge in [0.1, 0.15) is 96.0 Å². The molecule has 8 aromatic carbocycles. The number of hydrogen-bond acceptors (Lipinski definition) is 20. The number of nitrogens with zero attached hydrogens (tertiary/aromatic N) is 9. The number of morpholine rings is 2. The zero-order valence-electron chi connectivity index (χ0n) is 60.9. The highest BCUT2D eigenvalue weighted by Crippen LogP contribution is 2.36. The van der Waals surface area contributed by atoms with Gasteiger partial charge in [0.25, 0.3) is 0 Å². The Morgan fingerprint density at radius 1 is 0.346 bits per heavy atom. The van der Waals surface area contributed by atoms with Crippen LogP contribution >= 0.6 is 0 Å². The average Bonchev–Trinajstić information content (AvgIpc) is 0.814. The summed E-state index contributed by atoms with van der Waals surface area (Å²) in [5.74, 6) is 2.39. The van der Waals surface area contributed by atoms with Gasteiger partial charge in [-0.3, -0.25) is 4.90 Å². The first-order chi connectivity index (χ1) is 51.2. The number of piperidine rings is 1. The van der Waals surface area contributed by atoms with Crippen LogP contribution in [0, 0.1) is 45.3 Å². The molecule has 104 heavy (non-hydrogen) atoms. The number of nitrogens with one attached hydrogen (secondary N) is 1. The minimum absolute atomic E-state index is 0.417. The van der Waals surface area contributed by atoms with Crippen LogP contribution < -0.4 is 39.0 Å². The standard InChI is InChI=1S/C22H27N3O3.C21H25N3O2.C21H24N2O2.C20H22N2O3/c1-26-15-16-28-22-4-2-3-20(21(22)17-23)18-5-7-19(8-6-18)24-9-10-25-11-13-27-14-12-25;1-23-10-12-24(13-11-23)18-8-6-17(7-9-18)19-4-3-5-21(20(19)16-22)26-15-14-25-2;1-24-14-15-25-21-7-5-6-19(20(21)16-22)17-8-10-18(11-9-17)23-12-3-2-4-13-23;1-23-13-14-25-20-4-2-3-18(19(20)15-21)16-5-7-17(8-6-16)22-9-11-24-12-10-22/h2-8,24H,9-16H2,1H3;3-9H,10-15H2,1-2H3;5-11H,2-4,12-15H2,1H3;2-8H,9-14H2,1H3. The molecule has 4 aliphatic rings. The lowest BCUT2D eigenvalue weighted by atomic mass is 9.99. The van der Waals surface area contributed by atoms with Gasteiger partial charge in [0.05, 0.1) is 52.9 Å². The molecule has 0 spiro atoms. The summed E-state index contributed by atoms with van der Waals surface area (Å²) in [5.41, 5.74) is 14.6. The van der Waals surface area contributed by atoms with Crippen LogP contribution in [0.2, 0.25) is 0 Å². The maximum atomic E-state index is 9.63. The summed E-state index contributed by atoms with van der Waals surface area (Å²) in [5, 5.41) is 41.9. The van der Waals surface area contributed by atoms with E-state index in [0.29, 0.717) is 98.1 Å². The van der Waals surface area contributed by atoms with Gasteiger partial charge in [-0.1, -0.05) is 97.1 Å². The normalized spacial score (nSPS) is 14.4. The van der Waals surface area contributed by atoms with Gasteiger partial charge in [-0.15, -0.1) is 0 Å². The van der Waals surface area contributed by atoms with Crippen LogP contribution in [-0.2, 0) is 28.4 Å². The molecule has 0 saturated carbocycles. The lowest BCUT2D eigenvalue weighted by molar-refractivity contribution is 0.0398. The fraction of sp³-hybridized carbons (Fsp3) is 0.381. The van der Waals surface area contributed by atoms with Gasteiger partial charge in [-0.05, 0) is 121 Å². The molecule has 0 atom stereocenters. The highest BCUT2D eigenvalue weighted by molar-refractivity contribution is 5.78. The van der Waals surface area contributed by atoms with Crippen LogP contribution in [-0.4, -0.2) is 203 Å². The fourth-order valence-electron chi connectivity index (χ4n) is 12.5. The number of piperazine rings is 1. The van der Waals surface area contributed by atoms with E-state index in [9.17, 15) is 21.0 Å². The van der Waals surface area contributed by atoms with Gasteiger partial charge in [0, 0.05) is 152 Å². The first-order valence-corrected chi connectivity index (χ1v) is 35.8. The maximum absolute atomic E-state index is 9.63. The predicted octanol–water partition coefficient (Wildman–Crippen LogP) is 13.3. The molecule has 1 N–H and O–H groups in total. The van der Waals surface area contributed by atoms with E-state index in [1.165, 1.54) is 36.3 Å². The van der Waals surface area contributed by atoms with Crippen molar-refractivity contribution < 1.29 is 47.4 Å². The minimum atomic E-state index is 0.417. The summed E-state index contributed by atoms with van der Waals surface area (Å²) in [6, 6.07) is 65.4. The van der Waals surface area contributed by atoms with E-state index >= 15 is 0 Å². The zero-order chi connectivity index (χ0) is 72.9. The van der Waals surface area contributed by atoms with Crippen molar-refractivity contribution >= 4 is 22.7 Å². The zero-order valence-corrected chi connectivity index (χ0v) is 60.9. The topological polar surface area (TPSA) is 216 Å². The predicted molar refractivity (Wildman–Crippen MR) is 410 cm³/mol. The largest absolute Gasteiger partial charge is 0.490 e. The van der Waals surface area contributed by atoms with E-state index in [1.807, 2.05) is 97.1 Å². The number of likely N-dealkylation sites (N-methyl/N-ethyl adjacent to an activating group) is 1. The van der Waals surface area contributed by atoms with Crippen molar-refractivity contribution in [1.82, 2.24) is 9.80 Å². The van der Waals surface area contributed by atoms with Crippen molar-refractivity contribution in [3.05, 3.63) is 192 Å². The molecule has 8 aromatic rings. The van der Waals surface area contributed by atoms with E-state index in [4.69, 9.17) is 47.4 Å². The Labute approximate surface area is 614 Å². The van der Waals surface area contributed by atoms with Crippen molar-refractivity contribution in [2.45, 2.75) is 19.3 Å². The van der Waals surface area contributed by atoms with E-state index in [-0.39, 0.29) is 0 Å². The third-order valence-corrected chi connectivity index (χ3v) is 18.3. The van der Waals surface area contributed by atoms with E-state index in [2.05, 4.69) is 134 Å². The van der Waals surface area contributed by atoms with Gasteiger partial charge in [0.2, 0.25) is 0 Å². The SMILES string of the molecule is COCCOc1cccc(-c2ccc(N3CCCCC3)cc2)c1C#N.COCCOc1cccc(-c2ccc(N3CCN(C)CC3)cc2)c1C#N.COCCOc1cccc(-c2ccc(N3CCOCC3)cc2)c1C#N.COCCOc1cccc(-c2ccc(NCCN3CCOCC3)cc2)c1C#N. The molecule has 0 amide bonds. The highest BCUT2D eigenvalue weighted by Gasteiger charge is 2.20. The molecule has 12 rings (SSSR count). The van der Waals surface area contributed by atoms with Crippen molar-refractivity contribution in [3.8, 4) is 91.8 Å². The van der Waals surface area contributed by atoms with Crippen LogP contribution in [0.3, 0.4) is 0 Å². The van der Waals surface area contributed by atoms with Crippen molar-refractivity contribution in [2.24, 2.45) is 0 Å². The molecule has 0 aliphatic carbocycles. The van der Waals surface area contributed by atoms with Gasteiger partial charge < -0.3 is 72.3 Å². The number of ether oxygens (including phenoxy) is 10. The van der Waals surface area contributed by atoms with Crippen LogP contribution in [0.25, 0.3) is 44.5 Å². The number of methoxy groups -OCH3 is 4. The minimum Gasteiger partial charge on any atom is -0.490 e. The molecule has 4 saturated heterocycles. The van der Waals surface area contributed by atoms with Crippen molar-refractivity contribution in [1.29, 1.82) is 21.0 Å². The first kappa shape index (κ1) is 77.9. The second-order valence-corrected chi connectivity index (χ2v) is 25.1. The molecule has 4 aliphatic heterocycles. The summed E-state index contributed by atoms with van der Waals surface area (Å²) in [6.45, 7) is 19.1. The average molecular weight is 1410 g/mol. The molecule has 0 unspecified atom stereocenters. The van der Waals surface area contributed by atoms with E-state index in [1.54, 1.807) is 28.4 Å². The molecular formula is C84H98N10O10. The van der Waals surface area contributed by atoms with Gasteiger partial charge >= 0.3 is 0 Å². The highest BCUT2D eigenvalue weighted by atomic mass is 16.5. The third kappa shape index (κ3) is 22.9. The summed E-state index contributed by atoms with van der Waals surface area (Å²) in [4.78, 5) is 11.9. The second kappa shape index (κ2) is 43.0. The quantitative estimate of drug-likeness (QED) is 0.0474. The maximum Gasteiger partial charge on any atom is 0.137 e. The summed E-state index contributed by atoms with van der Waals surface area (Å²) < 4.78 is 53.6. The third-order valence-electron chi connectivity index (χ3n) is 18.3. The molecule has 20 nitrogen and oxygen atoms in total. The molecule has 0 bridgehead atoms. The number of benzene rings is 8. The van der Waals surface area contributed by atoms with Crippen LogP contribution in [0.5, 0.6) is 23.0 Å². The van der Waals surface area contributed by atoms with Crippen molar-refractivity contribution in [2.75, 3.05) is 213 Å². The number of rotatable bonds is 27. The van der Waals surface area contributed by atoms with Crippen LogP contribution in [0.1, 0.15) is 41.5 Å². The summed E-state index contributed by atoms with van der Waals surface area (Å²) in [7, 11) is 8.68. The molecular weight excluding hydrogens is 1310 g/mol. The monoisotopic (exact) mass is 1410 g/mol. The number of hydrogen-bond donors (Lipinski definition) is 1. The summed E-state index contributed by atoms with van der Waals surface area (Å²) in [6.07, 6.45) is 3.86. The van der Waals surface area contributed by atoms with Gasteiger partial charge in [-0.25, -0.2) is 0 Å². The molecule has 4 fully saturated rings. The molecule has 0 radical (unpaired) electrons. The summed E-state index contributed by atoms with van der Waals surface area (Å²) >= 11 is 0. The lowest BCUT2D eigenvalue weighted by Gasteiger charge is -2.34. The molecule has 4 heterocycles. The van der Waals surface area contributed by atoms with E-state index < -0.39 is 0 Å². The van der Waals surface area contributed by atoms with Crippen molar-refractivity contribution in [3.63, 3.8) is 0 Å². The Morgan fingerprint density at radius 2 is 0.654 bits per heavy atom. The lowest BCUT2D eigenvalue weighted by Crippen LogP contribution is -2.44. The van der Waals surface area contributed by atoms with Gasteiger partial charge in [-0.2, -0.15) is 21.0 Å². The van der Waals surface area contributed by atoms with Crippen LogP contribution in [0.15, 0.2) is 170 Å². The molecule has 0 aromatic heterocycles. The smallest absolute Gasteiger partial charge is 0.137 e. The molecule has 544 valence electrons. The van der Waals surface area contributed by atoms with Gasteiger partial charge in [0.15, 0.2) is 0 Å². The Morgan fingerprint density at radius 3 is 0.981 bits per heavy atom. The van der Waals surface area contributed by atoms with E-state index in [0.717, 1.165) is 155 Å². The fourth-order valence-corrected chi connectivity index (χ4v) is 12.5. The Bertz CT molecular complexity index is 3920. The Hall–Kier alpha value is -10.2. The van der Waals surface area contributed by atoms with Crippen LogP contribution in [0.4, 0.5) is 22.7 Å². The second-order valence-electron chi connectivity index (χ2n) is 25.1. The number of nitriles is 4. The number of anilines is 4. The Kier molecular flexibility index (Phi) is 32.3. The first-order valence-electron chi connectivity index (χ1n) is 35.8.